The minimum Gasteiger partial charge on any atom is -0.481 e. The lowest BCUT2D eigenvalue weighted by Crippen LogP contribution is -2.28. The zero-order chi connectivity index (χ0) is 15.4. The highest BCUT2D eigenvalue weighted by atomic mass is 32.1. The van der Waals surface area contributed by atoms with Gasteiger partial charge >= 0.3 is 11.9 Å². The van der Waals surface area contributed by atoms with Crippen molar-refractivity contribution < 1.29 is 19.8 Å². The topological polar surface area (TPSA) is 90.7 Å². The van der Waals surface area contributed by atoms with Crippen LogP contribution in [0.1, 0.15) is 18.4 Å². The monoisotopic (exact) mass is 308 g/mol. The Kier molecular flexibility index (Phi) is 4.74. The van der Waals surface area contributed by atoms with Crippen molar-refractivity contribution in [2.45, 2.75) is 19.8 Å². The highest BCUT2D eigenvalue weighted by Crippen LogP contribution is 2.29. The van der Waals surface area contributed by atoms with Crippen LogP contribution in [0.2, 0.25) is 0 Å². The smallest absolute Gasteiger partial charge is 0.305 e. The number of thiazole rings is 1. The zero-order valence-electron chi connectivity index (χ0n) is 11.6. The Bertz CT molecular complexity index is 650. The SMILES string of the molecule is Cc1ccc2nc(N(CCC(=O)O)CCC(=O)O)sc2c1. The molecule has 0 saturated heterocycles. The lowest BCUT2D eigenvalue weighted by molar-refractivity contribution is -0.137. The van der Waals surface area contributed by atoms with Gasteiger partial charge in [0.2, 0.25) is 0 Å². The van der Waals surface area contributed by atoms with Crippen LogP contribution in [-0.2, 0) is 9.59 Å². The van der Waals surface area contributed by atoms with Crippen molar-refractivity contribution in [2.24, 2.45) is 0 Å². The van der Waals surface area contributed by atoms with Crippen LogP contribution in [0, 0.1) is 6.92 Å². The van der Waals surface area contributed by atoms with Crippen LogP contribution in [0.3, 0.4) is 0 Å². The number of carbonyl (C=O) groups is 2. The predicted octanol–water partition coefficient (Wildman–Crippen LogP) is 2.36. The molecule has 0 aliphatic rings. The summed E-state index contributed by atoms with van der Waals surface area (Å²) < 4.78 is 1.01. The van der Waals surface area contributed by atoms with Gasteiger partial charge in [-0.15, -0.1) is 0 Å². The Morgan fingerprint density at radius 2 is 1.81 bits per heavy atom. The van der Waals surface area contributed by atoms with Crippen molar-refractivity contribution in [3.8, 4) is 0 Å². The van der Waals surface area contributed by atoms with E-state index in [1.165, 1.54) is 11.3 Å². The number of anilines is 1. The Labute approximate surface area is 125 Å². The maximum Gasteiger partial charge on any atom is 0.305 e. The molecule has 2 rings (SSSR count). The first kappa shape index (κ1) is 15.2. The van der Waals surface area contributed by atoms with Crippen LogP contribution < -0.4 is 4.90 Å². The number of hydrogen-bond acceptors (Lipinski definition) is 5. The molecular formula is C14H16N2O4S. The molecule has 2 aromatic rings. The number of aliphatic carboxylic acids is 2. The molecule has 112 valence electrons. The van der Waals surface area contributed by atoms with E-state index >= 15 is 0 Å². The number of aromatic nitrogens is 1. The quantitative estimate of drug-likeness (QED) is 0.816. The molecule has 0 spiro atoms. The van der Waals surface area contributed by atoms with E-state index in [-0.39, 0.29) is 25.9 Å². The molecule has 0 radical (unpaired) electrons. The van der Waals surface area contributed by atoms with E-state index in [1.807, 2.05) is 25.1 Å². The van der Waals surface area contributed by atoms with E-state index in [1.54, 1.807) is 4.90 Å². The van der Waals surface area contributed by atoms with Crippen LogP contribution in [-0.4, -0.2) is 40.2 Å². The molecule has 7 heteroatoms. The van der Waals surface area contributed by atoms with Crippen molar-refractivity contribution in [1.29, 1.82) is 0 Å². The third-order valence-corrected chi connectivity index (χ3v) is 4.07. The van der Waals surface area contributed by atoms with Gasteiger partial charge in [0.15, 0.2) is 5.13 Å². The van der Waals surface area contributed by atoms with Gasteiger partial charge in [0.05, 0.1) is 23.1 Å². The number of nitrogens with zero attached hydrogens (tertiary/aromatic N) is 2. The molecule has 0 unspecified atom stereocenters. The van der Waals surface area contributed by atoms with Crippen molar-refractivity contribution in [2.75, 3.05) is 18.0 Å². The Balaban J connectivity index is 2.23. The average molecular weight is 308 g/mol. The molecule has 0 amide bonds. The summed E-state index contributed by atoms with van der Waals surface area (Å²) in [4.78, 5) is 27.7. The van der Waals surface area contributed by atoms with Crippen LogP contribution in [0.25, 0.3) is 10.2 Å². The summed E-state index contributed by atoms with van der Waals surface area (Å²) >= 11 is 1.45. The third kappa shape index (κ3) is 4.16. The molecule has 21 heavy (non-hydrogen) atoms. The molecule has 0 aliphatic carbocycles. The molecular weight excluding hydrogens is 292 g/mol. The van der Waals surface area contributed by atoms with E-state index in [0.29, 0.717) is 5.13 Å². The Morgan fingerprint density at radius 3 is 2.38 bits per heavy atom. The molecule has 2 N–H and O–H groups in total. The second kappa shape index (κ2) is 6.53. The van der Waals surface area contributed by atoms with E-state index < -0.39 is 11.9 Å². The lowest BCUT2D eigenvalue weighted by Gasteiger charge is -2.19. The molecule has 1 aromatic heterocycles. The average Bonchev–Trinajstić information content (AvgIpc) is 2.80. The number of carboxylic acid groups (broad SMARTS) is 2. The van der Waals surface area contributed by atoms with Crippen molar-refractivity contribution in [3.05, 3.63) is 23.8 Å². The zero-order valence-corrected chi connectivity index (χ0v) is 12.4. The predicted molar refractivity (Wildman–Crippen MR) is 81.1 cm³/mol. The van der Waals surface area contributed by atoms with Gasteiger partial charge < -0.3 is 15.1 Å². The minimum atomic E-state index is -0.910. The van der Waals surface area contributed by atoms with Crippen LogP contribution in [0.5, 0.6) is 0 Å². The summed E-state index contributed by atoms with van der Waals surface area (Å²) in [6.45, 7) is 2.49. The Hall–Kier alpha value is -2.15. The second-order valence-electron chi connectivity index (χ2n) is 4.74. The van der Waals surface area contributed by atoms with Crippen molar-refractivity contribution in [1.82, 2.24) is 4.98 Å². The fourth-order valence-electron chi connectivity index (χ4n) is 1.92. The highest BCUT2D eigenvalue weighted by molar-refractivity contribution is 7.22. The third-order valence-electron chi connectivity index (χ3n) is 2.99. The largest absolute Gasteiger partial charge is 0.481 e. The maximum atomic E-state index is 10.7. The molecule has 1 heterocycles. The van der Waals surface area contributed by atoms with Gasteiger partial charge in [-0.3, -0.25) is 9.59 Å². The van der Waals surface area contributed by atoms with Gasteiger partial charge in [-0.05, 0) is 24.6 Å². The molecule has 0 atom stereocenters. The van der Waals surface area contributed by atoms with Gasteiger partial charge in [-0.1, -0.05) is 17.4 Å². The van der Waals surface area contributed by atoms with Gasteiger partial charge in [0.1, 0.15) is 0 Å². The number of benzene rings is 1. The normalized spacial score (nSPS) is 10.7. The number of fused-ring (bicyclic) bond motifs is 1. The summed E-state index contributed by atoms with van der Waals surface area (Å²) in [5.41, 5.74) is 1.97. The van der Waals surface area contributed by atoms with E-state index in [9.17, 15) is 9.59 Å². The minimum absolute atomic E-state index is 0.0471. The van der Waals surface area contributed by atoms with E-state index in [4.69, 9.17) is 10.2 Å². The fraction of sp³-hybridized carbons (Fsp3) is 0.357. The van der Waals surface area contributed by atoms with Gasteiger partial charge in [0.25, 0.3) is 0 Å². The molecule has 1 aromatic carbocycles. The lowest BCUT2D eigenvalue weighted by atomic mass is 10.2. The Morgan fingerprint density at radius 1 is 1.19 bits per heavy atom. The summed E-state index contributed by atoms with van der Waals surface area (Å²) in [5, 5.41) is 18.3. The summed E-state index contributed by atoms with van der Waals surface area (Å²) in [6.07, 6.45) is -0.0941. The molecule has 6 nitrogen and oxygen atoms in total. The number of carboxylic acids is 2. The number of hydrogen-bond donors (Lipinski definition) is 2. The van der Waals surface area contributed by atoms with Gasteiger partial charge in [0, 0.05) is 13.1 Å². The first-order valence-electron chi connectivity index (χ1n) is 6.51. The summed E-state index contributed by atoms with van der Waals surface area (Å²) in [5.74, 6) is -1.82. The molecule has 0 bridgehead atoms. The number of aryl methyl sites for hydroxylation is 1. The highest BCUT2D eigenvalue weighted by Gasteiger charge is 2.15. The van der Waals surface area contributed by atoms with Gasteiger partial charge in [-0.25, -0.2) is 4.98 Å². The summed E-state index contributed by atoms with van der Waals surface area (Å²) in [6, 6.07) is 5.89. The molecule has 0 saturated carbocycles. The van der Waals surface area contributed by atoms with Gasteiger partial charge in [-0.2, -0.15) is 0 Å². The maximum absolute atomic E-state index is 10.7. The first-order valence-corrected chi connectivity index (χ1v) is 7.33. The van der Waals surface area contributed by atoms with E-state index in [0.717, 1.165) is 15.8 Å². The number of rotatable bonds is 7. The standard InChI is InChI=1S/C14H16N2O4S/c1-9-2-3-10-11(8-9)21-14(15-10)16(6-4-12(17)18)7-5-13(19)20/h2-3,8H,4-7H2,1H3,(H,17,18)(H,19,20). The second-order valence-corrected chi connectivity index (χ2v) is 5.75. The molecule has 0 aliphatic heterocycles. The van der Waals surface area contributed by atoms with Crippen LogP contribution in [0.15, 0.2) is 18.2 Å². The van der Waals surface area contributed by atoms with Crippen LogP contribution >= 0.6 is 11.3 Å². The van der Waals surface area contributed by atoms with Crippen LogP contribution in [0.4, 0.5) is 5.13 Å². The van der Waals surface area contributed by atoms with E-state index in [2.05, 4.69) is 4.98 Å². The first-order chi connectivity index (χ1) is 9.95. The van der Waals surface area contributed by atoms with Crippen molar-refractivity contribution in [3.63, 3.8) is 0 Å². The van der Waals surface area contributed by atoms with Crippen molar-refractivity contribution >= 4 is 38.6 Å². The fourth-order valence-corrected chi connectivity index (χ4v) is 3.03. The molecule has 0 fully saturated rings. The summed E-state index contributed by atoms with van der Waals surface area (Å²) in [7, 11) is 0.